The quantitative estimate of drug-likeness (QED) is 0.333. The summed E-state index contributed by atoms with van der Waals surface area (Å²) in [5.74, 6) is 0.374. The highest BCUT2D eigenvalue weighted by Crippen LogP contribution is 2.33. The number of non-ortho nitro benzene ring substituents is 1. The molecule has 178 valence electrons. The van der Waals surface area contributed by atoms with E-state index < -0.39 is 20.9 Å². The van der Waals surface area contributed by atoms with Crippen molar-refractivity contribution in [1.29, 1.82) is 0 Å². The third kappa shape index (κ3) is 5.97. The van der Waals surface area contributed by atoms with Crippen LogP contribution in [0.4, 0.5) is 11.4 Å². The van der Waals surface area contributed by atoms with E-state index in [2.05, 4.69) is 5.32 Å². The molecular formula is C24H25N3O6S. The number of carbonyl (C=O) groups excluding carboxylic acids is 1. The zero-order valence-electron chi connectivity index (χ0n) is 18.8. The number of sulfonamides is 1. The van der Waals surface area contributed by atoms with Crippen LogP contribution in [0.3, 0.4) is 0 Å². The second-order valence-electron chi connectivity index (χ2n) is 7.31. The third-order valence-corrected chi connectivity index (χ3v) is 7.10. The van der Waals surface area contributed by atoms with Crippen molar-refractivity contribution in [2.75, 3.05) is 18.4 Å². The van der Waals surface area contributed by atoms with Crippen LogP contribution < -0.4 is 10.1 Å². The Labute approximate surface area is 198 Å². The minimum Gasteiger partial charge on any atom is -0.455 e. The molecule has 3 aromatic rings. The van der Waals surface area contributed by atoms with Crippen LogP contribution in [-0.2, 0) is 21.2 Å². The average Bonchev–Trinajstić information content (AvgIpc) is 2.81. The lowest BCUT2D eigenvalue weighted by atomic mass is 10.1. The number of benzene rings is 3. The number of para-hydroxylation sites is 1. The van der Waals surface area contributed by atoms with E-state index in [1.165, 1.54) is 46.8 Å². The number of hydrogen-bond acceptors (Lipinski definition) is 6. The fourth-order valence-corrected chi connectivity index (χ4v) is 4.78. The van der Waals surface area contributed by atoms with Crippen molar-refractivity contribution in [3.05, 3.63) is 88.5 Å². The molecule has 3 aromatic carbocycles. The lowest BCUT2D eigenvalue weighted by molar-refractivity contribution is -0.384. The summed E-state index contributed by atoms with van der Waals surface area (Å²) in [6, 6.07) is 18.9. The maximum Gasteiger partial charge on any atom is 0.269 e. The first-order valence-electron chi connectivity index (χ1n) is 10.6. The molecule has 0 unspecified atom stereocenters. The fraction of sp³-hybridized carbons (Fsp3) is 0.208. The summed E-state index contributed by atoms with van der Waals surface area (Å²) in [5.41, 5.74) is 0.696. The summed E-state index contributed by atoms with van der Waals surface area (Å²) in [7, 11) is -3.76. The van der Waals surface area contributed by atoms with Crippen LogP contribution in [0, 0.1) is 10.1 Å². The number of anilines is 1. The van der Waals surface area contributed by atoms with E-state index in [1.54, 1.807) is 38.1 Å². The van der Waals surface area contributed by atoms with E-state index in [1.807, 2.05) is 6.07 Å². The molecule has 0 aromatic heterocycles. The summed E-state index contributed by atoms with van der Waals surface area (Å²) in [6.45, 7) is 4.12. The van der Waals surface area contributed by atoms with E-state index in [-0.39, 0.29) is 28.4 Å². The first-order valence-corrected chi connectivity index (χ1v) is 12.1. The number of hydrogen-bond donors (Lipinski definition) is 1. The van der Waals surface area contributed by atoms with Gasteiger partial charge in [-0.05, 0) is 35.9 Å². The average molecular weight is 484 g/mol. The molecular weight excluding hydrogens is 458 g/mol. The molecule has 0 radical (unpaired) electrons. The molecule has 0 aliphatic heterocycles. The molecule has 34 heavy (non-hydrogen) atoms. The van der Waals surface area contributed by atoms with Gasteiger partial charge in [-0.25, -0.2) is 8.42 Å². The van der Waals surface area contributed by atoms with Crippen LogP contribution in [-0.4, -0.2) is 36.6 Å². The van der Waals surface area contributed by atoms with Crippen LogP contribution in [0.5, 0.6) is 11.5 Å². The van der Waals surface area contributed by atoms with Gasteiger partial charge in [-0.2, -0.15) is 4.31 Å². The third-order valence-electron chi connectivity index (χ3n) is 5.05. The van der Waals surface area contributed by atoms with Crippen molar-refractivity contribution in [2.24, 2.45) is 0 Å². The number of amides is 1. The molecule has 0 atom stereocenters. The Balaban J connectivity index is 1.91. The molecule has 0 fully saturated rings. The number of nitrogens with one attached hydrogen (secondary N) is 1. The molecule has 0 spiro atoms. The SMILES string of the molecule is CCN(CC)S(=O)(=O)c1ccc(Oc2ccccc2)c(NC(=O)Cc2ccc([N+](=O)[O-])cc2)c1. The lowest BCUT2D eigenvalue weighted by Crippen LogP contribution is -2.30. The Kier molecular flexibility index (Phi) is 7.98. The molecule has 9 nitrogen and oxygen atoms in total. The minimum atomic E-state index is -3.76. The summed E-state index contributed by atoms with van der Waals surface area (Å²) in [5, 5.41) is 13.6. The van der Waals surface area contributed by atoms with Crippen molar-refractivity contribution < 1.29 is 22.9 Å². The van der Waals surface area contributed by atoms with Gasteiger partial charge in [-0.1, -0.05) is 44.2 Å². The van der Waals surface area contributed by atoms with E-state index in [0.717, 1.165) is 0 Å². The van der Waals surface area contributed by atoms with Crippen LogP contribution in [0.1, 0.15) is 19.4 Å². The molecule has 0 bridgehead atoms. The Morgan fingerprint density at radius 1 is 1.00 bits per heavy atom. The normalized spacial score (nSPS) is 11.3. The summed E-state index contributed by atoms with van der Waals surface area (Å²) in [4.78, 5) is 23.1. The van der Waals surface area contributed by atoms with Crippen molar-refractivity contribution in [3.63, 3.8) is 0 Å². The van der Waals surface area contributed by atoms with Gasteiger partial charge in [0.15, 0.2) is 5.75 Å². The summed E-state index contributed by atoms with van der Waals surface area (Å²) < 4.78 is 33.2. The lowest BCUT2D eigenvalue weighted by Gasteiger charge is -2.20. The van der Waals surface area contributed by atoms with Crippen molar-refractivity contribution in [3.8, 4) is 11.5 Å². The van der Waals surface area contributed by atoms with Crippen LogP contribution >= 0.6 is 0 Å². The maximum atomic E-state index is 13.0. The van der Waals surface area contributed by atoms with Crippen LogP contribution in [0.2, 0.25) is 0 Å². The number of nitrogens with zero attached hydrogens (tertiary/aromatic N) is 2. The fourth-order valence-electron chi connectivity index (χ4n) is 3.30. The van der Waals surface area contributed by atoms with Crippen molar-refractivity contribution in [1.82, 2.24) is 4.31 Å². The zero-order chi connectivity index (χ0) is 24.7. The van der Waals surface area contributed by atoms with E-state index >= 15 is 0 Å². The topological polar surface area (TPSA) is 119 Å². The monoisotopic (exact) mass is 483 g/mol. The Hall–Kier alpha value is -3.76. The highest BCUT2D eigenvalue weighted by atomic mass is 32.2. The first-order chi connectivity index (χ1) is 16.2. The Morgan fingerprint density at radius 3 is 2.24 bits per heavy atom. The molecule has 0 saturated carbocycles. The Morgan fingerprint density at radius 2 is 1.65 bits per heavy atom. The highest BCUT2D eigenvalue weighted by Gasteiger charge is 2.23. The molecule has 0 aliphatic carbocycles. The van der Waals surface area contributed by atoms with Crippen molar-refractivity contribution >= 4 is 27.3 Å². The highest BCUT2D eigenvalue weighted by molar-refractivity contribution is 7.89. The van der Waals surface area contributed by atoms with Gasteiger partial charge in [0, 0.05) is 25.2 Å². The number of nitro benzene ring substituents is 1. The smallest absolute Gasteiger partial charge is 0.269 e. The van der Waals surface area contributed by atoms with Gasteiger partial charge in [-0.15, -0.1) is 0 Å². The van der Waals surface area contributed by atoms with Gasteiger partial charge < -0.3 is 10.1 Å². The number of nitro groups is 1. The molecule has 1 N–H and O–H groups in total. The second kappa shape index (κ2) is 10.9. The summed E-state index contributed by atoms with van der Waals surface area (Å²) in [6.07, 6.45) is -0.0597. The molecule has 3 rings (SSSR count). The van der Waals surface area contributed by atoms with E-state index in [4.69, 9.17) is 4.74 Å². The predicted octanol–water partition coefficient (Wildman–Crippen LogP) is 4.60. The molecule has 0 heterocycles. The van der Waals surface area contributed by atoms with Crippen LogP contribution in [0.15, 0.2) is 77.7 Å². The van der Waals surface area contributed by atoms with Gasteiger partial charge in [0.25, 0.3) is 5.69 Å². The van der Waals surface area contributed by atoms with Gasteiger partial charge in [-0.3, -0.25) is 14.9 Å². The number of carbonyl (C=O) groups is 1. The largest absolute Gasteiger partial charge is 0.455 e. The molecule has 1 amide bonds. The first kappa shape index (κ1) is 24.9. The maximum absolute atomic E-state index is 13.0. The molecule has 10 heteroatoms. The van der Waals surface area contributed by atoms with Gasteiger partial charge in [0.1, 0.15) is 5.75 Å². The van der Waals surface area contributed by atoms with Gasteiger partial charge in [0.2, 0.25) is 15.9 Å². The zero-order valence-corrected chi connectivity index (χ0v) is 19.6. The second-order valence-corrected chi connectivity index (χ2v) is 9.25. The predicted molar refractivity (Wildman–Crippen MR) is 128 cm³/mol. The van der Waals surface area contributed by atoms with Crippen LogP contribution in [0.25, 0.3) is 0 Å². The van der Waals surface area contributed by atoms with E-state index in [0.29, 0.717) is 24.4 Å². The standard InChI is InChI=1S/C24H25N3O6S/c1-3-26(4-2)34(31,32)21-14-15-23(33-20-8-6-5-7-9-20)22(17-21)25-24(28)16-18-10-12-19(13-11-18)27(29)30/h5-15,17H,3-4,16H2,1-2H3,(H,25,28). The van der Waals surface area contributed by atoms with E-state index in [9.17, 15) is 23.3 Å². The number of ether oxygens (including phenoxy) is 1. The van der Waals surface area contributed by atoms with Gasteiger partial charge >= 0.3 is 0 Å². The number of rotatable bonds is 10. The van der Waals surface area contributed by atoms with Crippen molar-refractivity contribution in [2.45, 2.75) is 25.2 Å². The molecule has 0 aliphatic rings. The summed E-state index contributed by atoms with van der Waals surface area (Å²) >= 11 is 0. The Bertz CT molecular complexity index is 1260. The minimum absolute atomic E-state index is 0.0299. The van der Waals surface area contributed by atoms with Gasteiger partial charge in [0.05, 0.1) is 21.9 Å². The molecule has 0 saturated heterocycles.